The molecule has 2 aliphatic rings. The molecule has 0 radical (unpaired) electrons. The van der Waals surface area contributed by atoms with Gasteiger partial charge in [0.2, 0.25) is 5.91 Å². The Kier molecular flexibility index (Phi) is 10.1. The van der Waals surface area contributed by atoms with Crippen LogP contribution in [0.15, 0.2) is 12.1 Å². The summed E-state index contributed by atoms with van der Waals surface area (Å²) in [6.45, 7) is 11.6. The van der Waals surface area contributed by atoms with Crippen LogP contribution < -0.4 is 10.1 Å². The van der Waals surface area contributed by atoms with Gasteiger partial charge in [-0.3, -0.25) is 9.69 Å². The molecule has 0 aromatic heterocycles. The lowest BCUT2D eigenvalue weighted by molar-refractivity contribution is -0.122. The Morgan fingerprint density at radius 3 is 2.52 bits per heavy atom. The third-order valence-electron chi connectivity index (χ3n) is 7.81. The first-order valence-electron chi connectivity index (χ1n) is 13.2. The van der Waals surface area contributed by atoms with Crippen LogP contribution in [-0.4, -0.2) is 62.6 Å². The van der Waals surface area contributed by atoms with Crippen molar-refractivity contribution in [1.29, 1.82) is 0 Å². The minimum absolute atomic E-state index is 0.261. The van der Waals surface area contributed by atoms with Crippen LogP contribution in [0.4, 0.5) is 0 Å². The van der Waals surface area contributed by atoms with Crippen LogP contribution in [0.1, 0.15) is 81.0 Å². The molecule has 1 aliphatic carbocycles. The Bertz CT molecular complexity index is 752. The summed E-state index contributed by atoms with van der Waals surface area (Å²) >= 11 is 0. The zero-order valence-electron chi connectivity index (χ0n) is 21.8. The molecule has 0 bridgehead atoms. The third-order valence-corrected chi connectivity index (χ3v) is 7.81. The first kappa shape index (κ1) is 26.0. The molecule has 1 aliphatic heterocycles. The van der Waals surface area contributed by atoms with Gasteiger partial charge in [0.05, 0.1) is 6.61 Å². The summed E-state index contributed by atoms with van der Waals surface area (Å²) < 4.78 is 6.09. The van der Waals surface area contributed by atoms with Crippen molar-refractivity contribution in [2.45, 2.75) is 78.2 Å². The first-order chi connectivity index (χ1) is 15.8. The number of carbonyl (C=O) groups is 1. The molecule has 0 spiro atoms. The lowest BCUT2D eigenvalue weighted by atomic mass is 9.86. The van der Waals surface area contributed by atoms with E-state index in [1.54, 1.807) is 0 Å². The number of ether oxygens (including phenoxy) is 1. The number of amides is 1. The maximum Gasteiger partial charge on any atom is 0.220 e. The molecule has 1 heterocycles. The Balaban J connectivity index is 1.39. The van der Waals surface area contributed by atoms with E-state index in [4.69, 9.17) is 4.74 Å². The van der Waals surface area contributed by atoms with Gasteiger partial charge in [-0.1, -0.05) is 25.3 Å². The highest BCUT2D eigenvalue weighted by molar-refractivity contribution is 5.76. The molecular weight excluding hydrogens is 410 g/mol. The Morgan fingerprint density at radius 1 is 1.09 bits per heavy atom. The summed E-state index contributed by atoms with van der Waals surface area (Å²) in [5.74, 6) is 2.48. The number of benzene rings is 1. The molecule has 1 aromatic rings. The topological polar surface area (TPSA) is 44.8 Å². The van der Waals surface area contributed by atoms with Crippen LogP contribution in [-0.2, 0) is 4.79 Å². The standard InChI is InChI=1S/C28H47N3O2/c1-21-22(2)27(33-16-10-9-15-30(4)5)14-13-26(21)23(3)31-19-25(20-31)18-29-28(32)17-24-11-7-6-8-12-24/h13-14,23-25H,6-12,15-20H2,1-5H3,(H,29,32). The minimum atomic E-state index is 0.261. The molecule has 1 aromatic carbocycles. The quantitative estimate of drug-likeness (QED) is 0.443. The molecule has 5 heteroatoms. The molecule has 1 amide bonds. The zero-order chi connectivity index (χ0) is 23.8. The van der Waals surface area contributed by atoms with E-state index in [1.165, 1.54) is 48.8 Å². The molecule has 1 unspecified atom stereocenters. The predicted octanol–water partition coefficient (Wildman–Crippen LogP) is 5.10. The molecule has 186 valence electrons. The van der Waals surface area contributed by atoms with E-state index >= 15 is 0 Å². The lowest BCUT2D eigenvalue weighted by Crippen LogP contribution is -2.52. The first-order valence-corrected chi connectivity index (χ1v) is 13.2. The van der Waals surface area contributed by atoms with Crippen LogP contribution in [0.3, 0.4) is 0 Å². The van der Waals surface area contributed by atoms with Crippen molar-refractivity contribution in [3.63, 3.8) is 0 Å². The van der Waals surface area contributed by atoms with Crippen molar-refractivity contribution in [3.05, 3.63) is 28.8 Å². The zero-order valence-corrected chi connectivity index (χ0v) is 21.8. The molecule has 1 atom stereocenters. The molecule has 5 nitrogen and oxygen atoms in total. The SMILES string of the molecule is Cc1c(OCCCCN(C)C)ccc(C(C)N2CC(CNC(=O)CC3CCCCC3)C2)c1C. The maximum atomic E-state index is 12.3. The van der Waals surface area contributed by atoms with Crippen LogP contribution in [0.2, 0.25) is 0 Å². The van der Waals surface area contributed by atoms with Gasteiger partial charge in [0.15, 0.2) is 0 Å². The molecule has 2 fully saturated rings. The Morgan fingerprint density at radius 2 is 1.82 bits per heavy atom. The fourth-order valence-electron chi connectivity index (χ4n) is 5.37. The molecule has 1 saturated carbocycles. The van der Waals surface area contributed by atoms with Crippen molar-refractivity contribution in [2.24, 2.45) is 11.8 Å². The number of hydrogen-bond acceptors (Lipinski definition) is 4. The van der Waals surface area contributed by atoms with E-state index in [2.05, 4.69) is 62.1 Å². The van der Waals surface area contributed by atoms with Gasteiger partial charge in [-0.25, -0.2) is 0 Å². The Labute approximate surface area is 202 Å². The number of likely N-dealkylation sites (tertiary alicyclic amines) is 1. The second kappa shape index (κ2) is 12.8. The summed E-state index contributed by atoms with van der Waals surface area (Å²) in [5, 5.41) is 3.21. The summed E-state index contributed by atoms with van der Waals surface area (Å²) in [7, 11) is 4.23. The second-order valence-electron chi connectivity index (χ2n) is 10.8. The molecular formula is C28H47N3O2. The van der Waals surface area contributed by atoms with E-state index < -0.39 is 0 Å². The number of nitrogens with one attached hydrogen (secondary N) is 1. The van der Waals surface area contributed by atoms with Crippen LogP contribution in [0, 0.1) is 25.7 Å². The lowest BCUT2D eigenvalue weighted by Gasteiger charge is -2.44. The van der Waals surface area contributed by atoms with Crippen molar-refractivity contribution in [1.82, 2.24) is 15.1 Å². The van der Waals surface area contributed by atoms with Crippen molar-refractivity contribution in [3.8, 4) is 5.75 Å². The smallest absolute Gasteiger partial charge is 0.220 e. The summed E-state index contributed by atoms with van der Waals surface area (Å²) in [6.07, 6.45) is 9.41. The fraction of sp³-hybridized carbons (Fsp3) is 0.750. The van der Waals surface area contributed by atoms with Crippen LogP contribution in [0.25, 0.3) is 0 Å². The van der Waals surface area contributed by atoms with Gasteiger partial charge >= 0.3 is 0 Å². The minimum Gasteiger partial charge on any atom is -0.493 e. The largest absolute Gasteiger partial charge is 0.493 e. The highest BCUT2D eigenvalue weighted by atomic mass is 16.5. The van der Waals surface area contributed by atoms with Gasteiger partial charge in [-0.15, -0.1) is 0 Å². The van der Waals surface area contributed by atoms with E-state index in [0.29, 0.717) is 17.9 Å². The van der Waals surface area contributed by atoms with Gasteiger partial charge in [0, 0.05) is 38.0 Å². The highest BCUT2D eigenvalue weighted by Crippen LogP contribution is 2.34. The van der Waals surface area contributed by atoms with Gasteiger partial charge in [0.25, 0.3) is 0 Å². The average molecular weight is 458 g/mol. The van der Waals surface area contributed by atoms with Crippen LogP contribution >= 0.6 is 0 Å². The van der Waals surface area contributed by atoms with Gasteiger partial charge in [0.1, 0.15) is 5.75 Å². The number of carbonyl (C=O) groups excluding carboxylic acids is 1. The van der Waals surface area contributed by atoms with Gasteiger partial charge in [-0.05, 0) is 95.8 Å². The van der Waals surface area contributed by atoms with Crippen molar-refractivity contribution >= 4 is 5.91 Å². The number of unbranched alkanes of at least 4 members (excludes halogenated alkanes) is 1. The van der Waals surface area contributed by atoms with Crippen LogP contribution in [0.5, 0.6) is 5.75 Å². The summed E-state index contributed by atoms with van der Waals surface area (Å²) in [4.78, 5) is 17.1. The maximum absolute atomic E-state index is 12.3. The summed E-state index contributed by atoms with van der Waals surface area (Å²) in [6, 6.07) is 4.80. The van der Waals surface area contributed by atoms with Crippen molar-refractivity contribution in [2.75, 3.05) is 46.9 Å². The number of nitrogens with zero attached hydrogens (tertiary/aromatic N) is 2. The molecule has 3 rings (SSSR count). The van der Waals surface area contributed by atoms with Gasteiger partial charge in [-0.2, -0.15) is 0 Å². The Hall–Kier alpha value is -1.59. The molecule has 1 N–H and O–H groups in total. The monoisotopic (exact) mass is 457 g/mol. The number of hydrogen-bond donors (Lipinski definition) is 1. The van der Waals surface area contributed by atoms with Gasteiger partial charge < -0.3 is 15.0 Å². The summed E-state index contributed by atoms with van der Waals surface area (Å²) in [5.41, 5.74) is 4.00. The molecule has 33 heavy (non-hydrogen) atoms. The fourth-order valence-corrected chi connectivity index (χ4v) is 5.37. The predicted molar refractivity (Wildman–Crippen MR) is 137 cm³/mol. The van der Waals surface area contributed by atoms with E-state index in [-0.39, 0.29) is 5.91 Å². The molecule has 1 saturated heterocycles. The average Bonchev–Trinajstić information content (AvgIpc) is 2.75. The van der Waals surface area contributed by atoms with E-state index in [0.717, 1.165) is 57.8 Å². The van der Waals surface area contributed by atoms with Crippen molar-refractivity contribution < 1.29 is 9.53 Å². The van der Waals surface area contributed by atoms with E-state index in [1.807, 2.05) is 0 Å². The highest BCUT2D eigenvalue weighted by Gasteiger charge is 2.32. The number of rotatable bonds is 12. The normalized spacial score (nSPS) is 18.8. The van der Waals surface area contributed by atoms with E-state index in [9.17, 15) is 4.79 Å². The third kappa shape index (κ3) is 7.71. The second-order valence-corrected chi connectivity index (χ2v) is 10.8.